The summed E-state index contributed by atoms with van der Waals surface area (Å²) in [6.45, 7) is 6.44. The fraction of sp³-hybridized carbons (Fsp3) is 0.421. The van der Waals surface area contributed by atoms with Gasteiger partial charge in [0.15, 0.2) is 12.2 Å². The first-order chi connectivity index (χ1) is 12.4. The Morgan fingerprint density at radius 1 is 1.19 bits per heavy atom. The van der Waals surface area contributed by atoms with Crippen LogP contribution in [-0.2, 0) is 4.79 Å². The van der Waals surface area contributed by atoms with Crippen LogP contribution in [0.1, 0.15) is 25.8 Å². The lowest BCUT2D eigenvalue weighted by atomic mass is 10.1. The number of fused-ring (bicyclic) bond motifs is 3. The minimum atomic E-state index is -0.496. The van der Waals surface area contributed by atoms with E-state index in [1.165, 1.54) is 4.90 Å². The van der Waals surface area contributed by atoms with Crippen LogP contribution in [0.25, 0.3) is 0 Å². The molecule has 0 saturated carbocycles. The van der Waals surface area contributed by atoms with Crippen LogP contribution < -0.4 is 4.90 Å². The summed E-state index contributed by atoms with van der Waals surface area (Å²) < 4.78 is 0. The van der Waals surface area contributed by atoms with E-state index in [0.717, 1.165) is 23.4 Å². The molecule has 0 aliphatic carbocycles. The lowest BCUT2D eigenvalue weighted by Crippen LogP contribution is -2.64. The summed E-state index contributed by atoms with van der Waals surface area (Å²) in [5, 5.41) is 0. The molecule has 26 heavy (non-hydrogen) atoms. The number of benzene rings is 1. The summed E-state index contributed by atoms with van der Waals surface area (Å²) in [6.07, 6.45) is 2.20. The van der Waals surface area contributed by atoms with E-state index in [-0.39, 0.29) is 11.9 Å². The number of hydrogen-bond acceptors (Lipinski definition) is 5. The van der Waals surface area contributed by atoms with Gasteiger partial charge in [0.05, 0.1) is 0 Å². The predicted octanol–water partition coefficient (Wildman–Crippen LogP) is 2.35. The number of guanidine groups is 1. The molecule has 1 aromatic carbocycles. The van der Waals surface area contributed by atoms with Crippen molar-refractivity contribution in [3.05, 3.63) is 41.7 Å². The molecule has 3 aliphatic heterocycles. The maximum Gasteiger partial charge on any atom is 0.328 e. The number of urea groups is 1. The zero-order valence-corrected chi connectivity index (χ0v) is 15.5. The summed E-state index contributed by atoms with van der Waals surface area (Å²) in [4.78, 5) is 37.2. The number of likely N-dealkylation sites (N-methyl/N-ethyl adjacent to an activating group) is 1. The van der Waals surface area contributed by atoms with Crippen molar-refractivity contribution in [3.8, 4) is 0 Å². The fourth-order valence-corrected chi connectivity index (χ4v) is 3.87. The Balaban J connectivity index is 1.73. The van der Waals surface area contributed by atoms with Gasteiger partial charge in [0.1, 0.15) is 0 Å². The molecule has 7 nitrogen and oxygen atoms in total. The van der Waals surface area contributed by atoms with Crippen LogP contribution in [0.15, 0.2) is 41.2 Å². The Hall–Kier alpha value is -2.83. The van der Waals surface area contributed by atoms with E-state index >= 15 is 0 Å². The summed E-state index contributed by atoms with van der Waals surface area (Å²) >= 11 is 0. The molecule has 2 atom stereocenters. The van der Waals surface area contributed by atoms with Crippen molar-refractivity contribution in [1.82, 2.24) is 14.7 Å². The van der Waals surface area contributed by atoms with Crippen molar-refractivity contribution in [3.63, 3.8) is 0 Å². The van der Waals surface area contributed by atoms with E-state index in [2.05, 4.69) is 6.07 Å². The van der Waals surface area contributed by atoms with E-state index in [4.69, 9.17) is 4.99 Å². The number of allylic oxidation sites excluding steroid dienone is 1. The highest BCUT2D eigenvalue weighted by molar-refractivity contribution is 6.09. The third-order valence-corrected chi connectivity index (χ3v) is 5.09. The molecule has 3 heterocycles. The molecule has 0 bridgehead atoms. The Morgan fingerprint density at radius 3 is 2.65 bits per heavy atom. The molecule has 0 spiro atoms. The minimum Gasteiger partial charge on any atom is -0.302 e. The predicted molar refractivity (Wildman–Crippen MR) is 99.4 cm³/mol. The average Bonchev–Trinajstić information content (AvgIpc) is 3.11. The van der Waals surface area contributed by atoms with E-state index in [0.29, 0.717) is 12.5 Å². The Labute approximate surface area is 153 Å². The second-order valence-electron chi connectivity index (χ2n) is 7.02. The summed E-state index contributed by atoms with van der Waals surface area (Å²) in [5.74, 6) is 0.531. The minimum absolute atomic E-state index is 0.172. The van der Waals surface area contributed by atoms with Crippen molar-refractivity contribution in [1.29, 1.82) is 0 Å². The third kappa shape index (κ3) is 2.23. The molecule has 0 aromatic heterocycles. The maximum atomic E-state index is 13.0. The largest absolute Gasteiger partial charge is 0.328 e. The third-order valence-electron chi connectivity index (χ3n) is 5.09. The lowest BCUT2D eigenvalue weighted by molar-refractivity contribution is -0.136. The first-order valence-electron chi connectivity index (χ1n) is 8.93. The quantitative estimate of drug-likeness (QED) is 0.837. The van der Waals surface area contributed by atoms with Gasteiger partial charge in [0.25, 0.3) is 5.91 Å². The van der Waals surface area contributed by atoms with Gasteiger partial charge in [-0.1, -0.05) is 19.1 Å². The standard InChI is InChI=1S/C19H23N5O2/c1-5-9-22-17(25)15-16(21(4)19(22)26)20-18-23(15)11-13(3)24(18)14-8-6-7-12(2)10-14/h6-8,10-11,15-16H,5,9H2,1-4H3. The van der Waals surface area contributed by atoms with Gasteiger partial charge in [0, 0.05) is 31.2 Å². The van der Waals surface area contributed by atoms with Gasteiger partial charge in [-0.2, -0.15) is 0 Å². The lowest BCUT2D eigenvalue weighted by Gasteiger charge is -2.40. The van der Waals surface area contributed by atoms with Crippen molar-refractivity contribution in [2.45, 2.75) is 39.4 Å². The molecule has 0 N–H and O–H groups in total. The molecular weight excluding hydrogens is 330 g/mol. The van der Waals surface area contributed by atoms with Crippen LogP contribution in [0.2, 0.25) is 0 Å². The number of anilines is 1. The van der Waals surface area contributed by atoms with Crippen LogP contribution >= 0.6 is 0 Å². The Morgan fingerprint density at radius 2 is 1.96 bits per heavy atom. The molecule has 7 heteroatoms. The van der Waals surface area contributed by atoms with Gasteiger partial charge < -0.3 is 9.80 Å². The van der Waals surface area contributed by atoms with Gasteiger partial charge in [0.2, 0.25) is 5.96 Å². The second-order valence-corrected chi connectivity index (χ2v) is 7.02. The zero-order chi connectivity index (χ0) is 18.6. The Bertz CT molecular complexity index is 846. The van der Waals surface area contributed by atoms with Crippen molar-refractivity contribution in [2.24, 2.45) is 4.99 Å². The molecule has 0 radical (unpaired) electrons. The molecule has 3 aliphatic rings. The summed E-state index contributed by atoms with van der Waals surface area (Å²) in [5.41, 5.74) is 3.16. The number of carbonyl (C=O) groups excluding carboxylic acids is 2. The highest BCUT2D eigenvalue weighted by Gasteiger charge is 2.54. The topological polar surface area (TPSA) is 59.5 Å². The molecule has 136 valence electrons. The monoisotopic (exact) mass is 353 g/mol. The smallest absolute Gasteiger partial charge is 0.302 e. The SMILES string of the molecule is CCCN1C(=O)C2C(N=C3N(c4cccc(C)c4)C(C)=CN32)N(C)C1=O. The van der Waals surface area contributed by atoms with Crippen molar-refractivity contribution < 1.29 is 9.59 Å². The number of amides is 3. The number of rotatable bonds is 3. The van der Waals surface area contributed by atoms with Crippen LogP contribution in [-0.4, -0.2) is 58.4 Å². The first-order valence-corrected chi connectivity index (χ1v) is 8.93. The maximum absolute atomic E-state index is 13.0. The van der Waals surface area contributed by atoms with Crippen LogP contribution in [0.4, 0.5) is 10.5 Å². The van der Waals surface area contributed by atoms with E-state index in [9.17, 15) is 9.59 Å². The highest BCUT2D eigenvalue weighted by atomic mass is 16.2. The van der Waals surface area contributed by atoms with Gasteiger partial charge >= 0.3 is 6.03 Å². The number of carbonyl (C=O) groups is 2. The molecule has 1 saturated heterocycles. The van der Waals surface area contributed by atoms with Crippen molar-refractivity contribution >= 4 is 23.6 Å². The zero-order valence-electron chi connectivity index (χ0n) is 15.5. The number of aliphatic imine (C=N–C) groups is 1. The molecule has 4 rings (SSSR count). The molecule has 3 amide bonds. The summed E-state index contributed by atoms with van der Waals surface area (Å²) in [7, 11) is 1.72. The molecule has 1 fully saturated rings. The van der Waals surface area contributed by atoms with E-state index in [1.54, 1.807) is 11.9 Å². The van der Waals surface area contributed by atoms with Gasteiger partial charge in [-0.05, 0) is 38.0 Å². The molecule has 2 unspecified atom stereocenters. The average molecular weight is 353 g/mol. The van der Waals surface area contributed by atoms with Gasteiger partial charge in [-0.25, -0.2) is 9.79 Å². The van der Waals surface area contributed by atoms with Crippen LogP contribution in [0, 0.1) is 6.92 Å². The van der Waals surface area contributed by atoms with Crippen molar-refractivity contribution in [2.75, 3.05) is 18.5 Å². The van der Waals surface area contributed by atoms with Crippen LogP contribution in [0.5, 0.6) is 0 Å². The first kappa shape index (κ1) is 16.6. The second kappa shape index (κ2) is 5.86. The van der Waals surface area contributed by atoms with Gasteiger partial charge in [-0.15, -0.1) is 0 Å². The van der Waals surface area contributed by atoms with E-state index < -0.39 is 12.2 Å². The molecular formula is C19H23N5O2. The summed E-state index contributed by atoms with van der Waals surface area (Å²) in [6, 6.07) is 7.40. The number of aryl methyl sites for hydroxylation is 1. The number of hydrogen-bond donors (Lipinski definition) is 0. The normalized spacial score (nSPS) is 24.8. The number of imide groups is 1. The van der Waals surface area contributed by atoms with E-state index in [1.807, 2.05) is 55.0 Å². The number of nitrogens with zero attached hydrogens (tertiary/aromatic N) is 5. The van der Waals surface area contributed by atoms with Gasteiger partial charge in [-0.3, -0.25) is 14.6 Å². The highest BCUT2D eigenvalue weighted by Crippen LogP contribution is 2.36. The Kier molecular flexibility index (Phi) is 3.75. The van der Waals surface area contributed by atoms with Crippen LogP contribution in [0.3, 0.4) is 0 Å². The molecule has 1 aromatic rings. The fourth-order valence-electron chi connectivity index (χ4n) is 3.87.